The molecule has 2 fully saturated rings. The molecule has 2 atom stereocenters. The Morgan fingerprint density at radius 2 is 2.24 bits per heavy atom. The summed E-state index contributed by atoms with van der Waals surface area (Å²) in [5.41, 5.74) is 5.87. The average molecular weight is 239 g/mol. The molecular formula is C13H25N3O. The molecule has 0 radical (unpaired) electrons. The monoisotopic (exact) mass is 239 g/mol. The molecule has 2 aliphatic rings. The molecule has 4 heteroatoms. The smallest absolute Gasteiger partial charge is 0.188 e. The fraction of sp³-hybridized carbons (Fsp3) is 0.923. The van der Waals surface area contributed by atoms with E-state index in [-0.39, 0.29) is 0 Å². The Labute approximate surface area is 104 Å². The number of nitrogens with one attached hydrogen (secondary N) is 1. The molecule has 98 valence electrons. The molecule has 1 aliphatic heterocycles. The summed E-state index contributed by atoms with van der Waals surface area (Å²) in [6.45, 7) is 5.85. The maximum atomic E-state index is 5.87. The van der Waals surface area contributed by atoms with Gasteiger partial charge in [-0.2, -0.15) is 0 Å². The zero-order valence-electron chi connectivity index (χ0n) is 10.8. The third kappa shape index (κ3) is 3.87. The minimum absolute atomic E-state index is 0.621. The largest absolute Gasteiger partial charge is 0.381 e. The molecule has 0 aromatic heterocycles. The second-order valence-corrected chi connectivity index (χ2v) is 5.50. The van der Waals surface area contributed by atoms with Crippen LogP contribution < -0.4 is 11.1 Å². The van der Waals surface area contributed by atoms with Crippen LogP contribution in [0.5, 0.6) is 0 Å². The lowest BCUT2D eigenvalue weighted by molar-refractivity contribution is 0.0258. The van der Waals surface area contributed by atoms with E-state index < -0.39 is 0 Å². The van der Waals surface area contributed by atoms with Crippen LogP contribution in [-0.4, -0.2) is 32.3 Å². The number of aliphatic imine (C=N–C) groups is 1. The van der Waals surface area contributed by atoms with Crippen molar-refractivity contribution in [2.45, 2.75) is 32.6 Å². The standard InChI is InChI=1S/C13H25N3O/c1-10-9-17-6-5-12(10)8-16-13(14)15-7-11-3-2-4-11/h10-12H,2-9H2,1H3,(H3,14,15,16). The van der Waals surface area contributed by atoms with Gasteiger partial charge in [-0.15, -0.1) is 0 Å². The van der Waals surface area contributed by atoms with Crippen molar-refractivity contribution in [2.75, 3.05) is 26.3 Å². The SMILES string of the molecule is CC1COCCC1CNC(N)=NCC1CCC1. The van der Waals surface area contributed by atoms with Gasteiger partial charge in [-0.05, 0) is 37.0 Å². The summed E-state index contributed by atoms with van der Waals surface area (Å²) in [6.07, 6.45) is 5.15. The third-order valence-corrected chi connectivity index (χ3v) is 4.11. The van der Waals surface area contributed by atoms with Crippen LogP contribution in [0.3, 0.4) is 0 Å². The van der Waals surface area contributed by atoms with Gasteiger partial charge in [-0.1, -0.05) is 13.3 Å². The molecule has 3 N–H and O–H groups in total. The lowest BCUT2D eigenvalue weighted by Gasteiger charge is -2.29. The minimum atomic E-state index is 0.621. The zero-order valence-corrected chi connectivity index (χ0v) is 10.8. The summed E-state index contributed by atoms with van der Waals surface area (Å²) in [4.78, 5) is 4.41. The maximum Gasteiger partial charge on any atom is 0.188 e. The van der Waals surface area contributed by atoms with E-state index in [9.17, 15) is 0 Å². The highest BCUT2D eigenvalue weighted by Crippen LogP contribution is 2.26. The molecular weight excluding hydrogens is 214 g/mol. The van der Waals surface area contributed by atoms with Gasteiger partial charge in [0.1, 0.15) is 0 Å². The number of hydrogen-bond acceptors (Lipinski definition) is 2. The average Bonchev–Trinajstić information content (AvgIpc) is 2.26. The van der Waals surface area contributed by atoms with Crippen molar-refractivity contribution >= 4 is 5.96 Å². The number of ether oxygens (including phenoxy) is 1. The molecule has 2 unspecified atom stereocenters. The molecule has 2 rings (SSSR count). The first-order chi connectivity index (χ1) is 8.25. The van der Waals surface area contributed by atoms with E-state index in [1.807, 2.05) is 0 Å². The first kappa shape index (κ1) is 12.7. The molecule has 0 aromatic carbocycles. The van der Waals surface area contributed by atoms with Crippen molar-refractivity contribution in [1.29, 1.82) is 0 Å². The van der Waals surface area contributed by atoms with Crippen LogP contribution in [0.1, 0.15) is 32.6 Å². The van der Waals surface area contributed by atoms with Crippen LogP contribution in [0.15, 0.2) is 4.99 Å². The fourth-order valence-electron chi connectivity index (χ4n) is 2.42. The van der Waals surface area contributed by atoms with E-state index in [1.54, 1.807) is 0 Å². The number of hydrogen-bond donors (Lipinski definition) is 2. The van der Waals surface area contributed by atoms with Gasteiger partial charge < -0.3 is 15.8 Å². The van der Waals surface area contributed by atoms with Crippen LogP contribution in [0.25, 0.3) is 0 Å². The van der Waals surface area contributed by atoms with Crippen LogP contribution in [0, 0.1) is 17.8 Å². The molecule has 1 aliphatic carbocycles. The van der Waals surface area contributed by atoms with E-state index in [0.29, 0.717) is 17.8 Å². The van der Waals surface area contributed by atoms with Gasteiger partial charge in [0.05, 0.1) is 0 Å². The fourth-order valence-corrected chi connectivity index (χ4v) is 2.42. The Morgan fingerprint density at radius 1 is 1.41 bits per heavy atom. The Balaban J connectivity index is 1.65. The van der Waals surface area contributed by atoms with Crippen LogP contribution >= 0.6 is 0 Å². The minimum Gasteiger partial charge on any atom is -0.381 e. The van der Waals surface area contributed by atoms with Gasteiger partial charge in [0, 0.05) is 26.3 Å². The lowest BCUT2D eigenvalue weighted by atomic mass is 9.86. The van der Waals surface area contributed by atoms with Gasteiger partial charge in [0.25, 0.3) is 0 Å². The van der Waals surface area contributed by atoms with E-state index in [2.05, 4.69) is 17.2 Å². The van der Waals surface area contributed by atoms with Crippen LogP contribution in [-0.2, 0) is 4.74 Å². The predicted molar refractivity (Wildman–Crippen MR) is 69.9 cm³/mol. The first-order valence-electron chi connectivity index (χ1n) is 6.87. The molecule has 0 amide bonds. The van der Waals surface area contributed by atoms with Crippen molar-refractivity contribution in [2.24, 2.45) is 28.5 Å². The molecule has 0 bridgehead atoms. The zero-order chi connectivity index (χ0) is 12.1. The third-order valence-electron chi connectivity index (χ3n) is 4.11. The predicted octanol–water partition coefficient (Wildman–Crippen LogP) is 1.36. The Kier molecular flexibility index (Phi) is 4.66. The normalized spacial score (nSPS) is 31.0. The molecule has 1 saturated carbocycles. The van der Waals surface area contributed by atoms with E-state index >= 15 is 0 Å². The topological polar surface area (TPSA) is 59.6 Å². The van der Waals surface area contributed by atoms with Gasteiger partial charge in [0.2, 0.25) is 0 Å². The quantitative estimate of drug-likeness (QED) is 0.575. The Bertz CT molecular complexity index is 263. The Hall–Kier alpha value is -0.770. The number of nitrogens with two attached hydrogens (primary N) is 1. The lowest BCUT2D eigenvalue weighted by Crippen LogP contribution is -2.40. The highest BCUT2D eigenvalue weighted by Gasteiger charge is 2.21. The Morgan fingerprint density at radius 3 is 2.88 bits per heavy atom. The molecule has 1 heterocycles. The number of nitrogens with zero attached hydrogens (tertiary/aromatic N) is 1. The van der Waals surface area contributed by atoms with Crippen molar-refractivity contribution in [3.05, 3.63) is 0 Å². The summed E-state index contributed by atoms with van der Waals surface area (Å²) in [7, 11) is 0. The molecule has 4 nitrogen and oxygen atoms in total. The highest BCUT2D eigenvalue weighted by molar-refractivity contribution is 5.77. The van der Waals surface area contributed by atoms with E-state index in [4.69, 9.17) is 10.5 Å². The molecule has 0 spiro atoms. The second kappa shape index (κ2) is 6.24. The number of rotatable bonds is 4. The van der Waals surface area contributed by atoms with E-state index in [1.165, 1.54) is 19.3 Å². The number of guanidine groups is 1. The highest BCUT2D eigenvalue weighted by atomic mass is 16.5. The summed E-state index contributed by atoms with van der Waals surface area (Å²) in [5, 5.41) is 3.26. The van der Waals surface area contributed by atoms with Crippen molar-refractivity contribution in [3.63, 3.8) is 0 Å². The van der Waals surface area contributed by atoms with Crippen LogP contribution in [0.2, 0.25) is 0 Å². The summed E-state index contributed by atoms with van der Waals surface area (Å²) in [6, 6.07) is 0. The molecule has 0 aromatic rings. The van der Waals surface area contributed by atoms with Gasteiger partial charge in [-0.25, -0.2) is 0 Å². The first-order valence-corrected chi connectivity index (χ1v) is 6.87. The van der Waals surface area contributed by atoms with Gasteiger partial charge >= 0.3 is 0 Å². The van der Waals surface area contributed by atoms with Crippen molar-refractivity contribution in [3.8, 4) is 0 Å². The maximum absolute atomic E-state index is 5.87. The van der Waals surface area contributed by atoms with E-state index in [0.717, 1.165) is 38.6 Å². The van der Waals surface area contributed by atoms with Gasteiger partial charge in [-0.3, -0.25) is 4.99 Å². The molecule has 17 heavy (non-hydrogen) atoms. The van der Waals surface area contributed by atoms with Crippen molar-refractivity contribution < 1.29 is 4.74 Å². The summed E-state index contributed by atoms with van der Waals surface area (Å²) in [5.74, 6) is 2.70. The summed E-state index contributed by atoms with van der Waals surface area (Å²) < 4.78 is 5.43. The van der Waals surface area contributed by atoms with Crippen molar-refractivity contribution in [1.82, 2.24) is 5.32 Å². The second-order valence-electron chi connectivity index (χ2n) is 5.50. The van der Waals surface area contributed by atoms with Crippen LogP contribution in [0.4, 0.5) is 0 Å². The molecule has 1 saturated heterocycles. The summed E-state index contributed by atoms with van der Waals surface area (Å²) >= 11 is 0. The van der Waals surface area contributed by atoms with Gasteiger partial charge in [0.15, 0.2) is 5.96 Å².